The maximum Gasteiger partial charge on any atom is 0.0661 e. The van der Waals surface area contributed by atoms with E-state index >= 15 is 0 Å². The van der Waals surface area contributed by atoms with Gasteiger partial charge in [-0.05, 0) is 49.3 Å². The van der Waals surface area contributed by atoms with Crippen molar-refractivity contribution in [2.45, 2.75) is 52.0 Å². The first-order valence-electron chi connectivity index (χ1n) is 6.91. The summed E-state index contributed by atoms with van der Waals surface area (Å²) in [6.45, 7) is 6.91. The predicted octanol–water partition coefficient (Wildman–Crippen LogP) is 3.74. The van der Waals surface area contributed by atoms with Gasteiger partial charge in [0.2, 0.25) is 0 Å². The van der Waals surface area contributed by atoms with E-state index < -0.39 is 0 Å². The van der Waals surface area contributed by atoms with Crippen molar-refractivity contribution in [1.82, 2.24) is 0 Å². The van der Waals surface area contributed by atoms with E-state index in [1.807, 2.05) is 0 Å². The number of hydrogen-bond acceptors (Lipinski definition) is 2. The Morgan fingerprint density at radius 3 is 2.67 bits per heavy atom. The number of hydrogen-bond donors (Lipinski definition) is 2. The lowest BCUT2D eigenvalue weighted by molar-refractivity contribution is 0.105. The molecule has 0 saturated heterocycles. The van der Waals surface area contributed by atoms with Gasteiger partial charge in [0.15, 0.2) is 0 Å². The topological polar surface area (TPSA) is 32.3 Å². The first-order valence-corrected chi connectivity index (χ1v) is 6.91. The molecule has 0 amide bonds. The number of benzene rings is 1. The number of nitrogens with one attached hydrogen (secondary N) is 1. The molecule has 1 aromatic rings. The molecular weight excluding hydrogens is 222 g/mol. The molecule has 18 heavy (non-hydrogen) atoms. The fourth-order valence-corrected chi connectivity index (χ4v) is 3.31. The van der Waals surface area contributed by atoms with Gasteiger partial charge in [-0.2, -0.15) is 0 Å². The number of aryl methyl sites for hydroxylation is 1. The molecule has 1 unspecified atom stereocenters. The molecule has 2 rings (SSSR count). The highest BCUT2D eigenvalue weighted by molar-refractivity contribution is 5.48. The predicted molar refractivity (Wildman–Crippen MR) is 76.9 cm³/mol. The molecule has 0 bridgehead atoms. The van der Waals surface area contributed by atoms with Crippen molar-refractivity contribution in [2.24, 2.45) is 5.41 Å². The van der Waals surface area contributed by atoms with Crippen LogP contribution in [0.3, 0.4) is 0 Å². The van der Waals surface area contributed by atoms with Crippen LogP contribution in [0.1, 0.15) is 45.1 Å². The molecule has 100 valence electrons. The largest absolute Gasteiger partial charge is 0.394 e. The lowest BCUT2D eigenvalue weighted by Gasteiger charge is -2.45. The normalized spacial score (nSPS) is 26.9. The van der Waals surface area contributed by atoms with Crippen LogP contribution in [0.15, 0.2) is 24.3 Å². The third kappa shape index (κ3) is 3.05. The Kier molecular flexibility index (Phi) is 3.67. The summed E-state index contributed by atoms with van der Waals surface area (Å²) in [5.41, 5.74) is 2.55. The minimum atomic E-state index is -0.143. The van der Waals surface area contributed by atoms with Gasteiger partial charge in [-0.3, -0.25) is 0 Å². The molecule has 2 nitrogen and oxygen atoms in total. The van der Waals surface area contributed by atoms with Gasteiger partial charge in [0, 0.05) is 5.69 Å². The molecule has 1 aliphatic carbocycles. The van der Waals surface area contributed by atoms with Gasteiger partial charge in [-0.15, -0.1) is 0 Å². The van der Waals surface area contributed by atoms with Gasteiger partial charge in [0.1, 0.15) is 0 Å². The molecule has 2 heteroatoms. The molecule has 1 fully saturated rings. The van der Waals surface area contributed by atoms with Gasteiger partial charge < -0.3 is 10.4 Å². The molecular formula is C16H25NO. The van der Waals surface area contributed by atoms with E-state index in [-0.39, 0.29) is 12.1 Å². The highest BCUT2D eigenvalue weighted by atomic mass is 16.3. The first kappa shape index (κ1) is 13.4. The molecule has 1 aromatic carbocycles. The molecule has 0 radical (unpaired) electrons. The molecule has 1 atom stereocenters. The molecule has 1 saturated carbocycles. The van der Waals surface area contributed by atoms with Crippen LogP contribution in [-0.2, 0) is 0 Å². The molecule has 0 heterocycles. The summed E-state index contributed by atoms with van der Waals surface area (Å²) >= 11 is 0. The van der Waals surface area contributed by atoms with Gasteiger partial charge in [-0.1, -0.05) is 32.4 Å². The molecule has 0 aromatic heterocycles. The Hall–Kier alpha value is -1.02. The summed E-state index contributed by atoms with van der Waals surface area (Å²) < 4.78 is 0. The van der Waals surface area contributed by atoms with Crippen LogP contribution < -0.4 is 5.32 Å². The van der Waals surface area contributed by atoms with E-state index in [1.54, 1.807) is 0 Å². The second-order valence-electron chi connectivity index (χ2n) is 6.63. The van der Waals surface area contributed by atoms with E-state index in [4.69, 9.17) is 0 Å². The fraction of sp³-hybridized carbons (Fsp3) is 0.625. The summed E-state index contributed by atoms with van der Waals surface area (Å²) in [7, 11) is 0. The van der Waals surface area contributed by atoms with Gasteiger partial charge in [0.05, 0.1) is 12.1 Å². The van der Waals surface area contributed by atoms with Crippen molar-refractivity contribution in [3.8, 4) is 0 Å². The fourth-order valence-electron chi connectivity index (χ4n) is 3.31. The van der Waals surface area contributed by atoms with Crippen molar-refractivity contribution in [3.05, 3.63) is 29.8 Å². The minimum absolute atomic E-state index is 0.143. The van der Waals surface area contributed by atoms with Crippen molar-refractivity contribution in [3.63, 3.8) is 0 Å². The van der Waals surface area contributed by atoms with E-state index in [0.717, 1.165) is 18.5 Å². The van der Waals surface area contributed by atoms with Crippen LogP contribution in [0, 0.1) is 12.3 Å². The molecule has 1 aliphatic rings. The second kappa shape index (κ2) is 4.93. The highest BCUT2D eigenvalue weighted by Gasteiger charge is 2.39. The summed E-state index contributed by atoms with van der Waals surface area (Å²) in [5.74, 6) is 0. The van der Waals surface area contributed by atoms with Crippen molar-refractivity contribution in [2.75, 3.05) is 11.9 Å². The number of aliphatic hydroxyl groups is 1. The average Bonchev–Trinajstić information content (AvgIpc) is 2.27. The standard InChI is InChI=1S/C16H25NO/c1-13-6-4-7-14(10-13)17-16(12-18)9-5-8-15(2,3)11-16/h4,6-7,10,17-18H,5,8-9,11-12H2,1-3H3. The molecule has 0 aliphatic heterocycles. The third-order valence-electron chi connectivity index (χ3n) is 4.06. The van der Waals surface area contributed by atoms with Crippen LogP contribution in [0.4, 0.5) is 5.69 Å². The minimum Gasteiger partial charge on any atom is -0.394 e. The zero-order valence-electron chi connectivity index (χ0n) is 11.8. The molecule has 0 spiro atoms. The number of rotatable bonds is 3. The summed E-state index contributed by atoms with van der Waals surface area (Å²) in [6.07, 6.45) is 4.53. The van der Waals surface area contributed by atoms with E-state index in [0.29, 0.717) is 5.41 Å². The Morgan fingerprint density at radius 2 is 2.06 bits per heavy atom. The zero-order chi connectivity index (χ0) is 13.2. The van der Waals surface area contributed by atoms with Crippen LogP contribution in [-0.4, -0.2) is 17.3 Å². The van der Waals surface area contributed by atoms with Gasteiger partial charge in [-0.25, -0.2) is 0 Å². The van der Waals surface area contributed by atoms with E-state index in [1.165, 1.54) is 18.4 Å². The zero-order valence-corrected chi connectivity index (χ0v) is 11.8. The Balaban J connectivity index is 2.18. The maximum absolute atomic E-state index is 9.84. The van der Waals surface area contributed by atoms with Crippen LogP contribution in [0.25, 0.3) is 0 Å². The summed E-state index contributed by atoms with van der Waals surface area (Å²) in [4.78, 5) is 0. The second-order valence-corrected chi connectivity index (χ2v) is 6.63. The van der Waals surface area contributed by atoms with Crippen molar-refractivity contribution in [1.29, 1.82) is 0 Å². The Labute approximate surface area is 110 Å². The van der Waals surface area contributed by atoms with Crippen molar-refractivity contribution >= 4 is 5.69 Å². The quantitative estimate of drug-likeness (QED) is 0.853. The SMILES string of the molecule is Cc1cccc(NC2(CO)CCCC(C)(C)C2)c1. The smallest absolute Gasteiger partial charge is 0.0661 e. The Morgan fingerprint density at radius 1 is 1.28 bits per heavy atom. The van der Waals surface area contributed by atoms with E-state index in [2.05, 4.69) is 50.4 Å². The van der Waals surface area contributed by atoms with Crippen LogP contribution in [0.2, 0.25) is 0 Å². The Bertz CT molecular complexity index is 413. The first-order chi connectivity index (χ1) is 8.45. The van der Waals surface area contributed by atoms with Gasteiger partial charge >= 0.3 is 0 Å². The van der Waals surface area contributed by atoms with Crippen molar-refractivity contribution < 1.29 is 5.11 Å². The van der Waals surface area contributed by atoms with Crippen LogP contribution in [0.5, 0.6) is 0 Å². The summed E-state index contributed by atoms with van der Waals surface area (Å²) in [5, 5.41) is 13.4. The van der Waals surface area contributed by atoms with E-state index in [9.17, 15) is 5.11 Å². The molecule has 2 N–H and O–H groups in total. The van der Waals surface area contributed by atoms with Gasteiger partial charge in [0.25, 0.3) is 0 Å². The lowest BCUT2D eigenvalue weighted by Crippen LogP contribution is -2.48. The monoisotopic (exact) mass is 247 g/mol. The number of anilines is 1. The van der Waals surface area contributed by atoms with Crippen LogP contribution >= 0.6 is 0 Å². The maximum atomic E-state index is 9.84. The lowest BCUT2D eigenvalue weighted by atomic mass is 9.68. The number of aliphatic hydroxyl groups excluding tert-OH is 1. The third-order valence-corrected chi connectivity index (χ3v) is 4.06. The summed E-state index contributed by atoms with van der Waals surface area (Å²) in [6, 6.07) is 8.41. The average molecular weight is 247 g/mol. The highest BCUT2D eigenvalue weighted by Crippen LogP contribution is 2.42.